The van der Waals surface area contributed by atoms with Gasteiger partial charge in [-0.15, -0.1) is 5.10 Å². The molecule has 5 nitrogen and oxygen atoms in total. The molecule has 5 heteroatoms. The molecule has 6 rings (SSSR count). The quantitative estimate of drug-likeness (QED) is 0.354. The Hall–Kier alpha value is -4.25. The van der Waals surface area contributed by atoms with Gasteiger partial charge in [0.05, 0.1) is 22.2 Å². The fraction of sp³-hybridized carbons (Fsp3) is 0.0741. The summed E-state index contributed by atoms with van der Waals surface area (Å²) in [6.45, 7) is 4.31. The molecule has 0 bridgehead atoms. The van der Waals surface area contributed by atoms with Crippen LogP contribution >= 0.6 is 0 Å². The summed E-state index contributed by atoms with van der Waals surface area (Å²) < 4.78 is 4.03. The highest BCUT2D eigenvalue weighted by Gasteiger charge is 2.11. The Morgan fingerprint density at radius 1 is 0.625 bits per heavy atom. The standard InChI is InChI=1S/C27H21N5/c1-18-15-20(31-17-28-24-7-3-5-9-26(24)31)11-13-22(18)23-14-12-21(16-19(23)2)32-27-10-6-4-8-25(27)29-30-32/h3-17H,1-2H3. The lowest BCUT2D eigenvalue weighted by atomic mass is 9.95. The van der Waals surface area contributed by atoms with Crippen molar-refractivity contribution in [1.82, 2.24) is 24.5 Å². The molecule has 154 valence electrons. The fourth-order valence-electron chi connectivity index (χ4n) is 4.41. The predicted molar refractivity (Wildman–Crippen MR) is 128 cm³/mol. The second-order valence-electron chi connectivity index (χ2n) is 8.09. The van der Waals surface area contributed by atoms with E-state index in [9.17, 15) is 0 Å². The average molecular weight is 416 g/mol. The van der Waals surface area contributed by atoms with E-state index in [2.05, 4.69) is 76.2 Å². The molecule has 2 heterocycles. The number of aromatic nitrogens is 5. The Bertz CT molecular complexity index is 1480. The van der Waals surface area contributed by atoms with Crippen LogP contribution in [0, 0.1) is 13.8 Å². The molecule has 0 atom stereocenters. The van der Waals surface area contributed by atoms with Gasteiger partial charge in [-0.2, -0.15) is 0 Å². The van der Waals surface area contributed by atoms with Crippen LogP contribution in [-0.4, -0.2) is 24.5 Å². The molecule has 0 saturated carbocycles. The van der Waals surface area contributed by atoms with E-state index >= 15 is 0 Å². The highest BCUT2D eigenvalue weighted by Crippen LogP contribution is 2.31. The van der Waals surface area contributed by atoms with Gasteiger partial charge in [0, 0.05) is 5.69 Å². The summed E-state index contributed by atoms with van der Waals surface area (Å²) in [5, 5.41) is 8.63. The number of benzene rings is 4. The predicted octanol–water partition coefficient (Wildman–Crippen LogP) is 6.04. The first-order valence-electron chi connectivity index (χ1n) is 10.6. The Balaban J connectivity index is 1.39. The molecule has 0 N–H and O–H groups in total. The van der Waals surface area contributed by atoms with Crippen LogP contribution in [0.2, 0.25) is 0 Å². The third kappa shape index (κ3) is 2.90. The van der Waals surface area contributed by atoms with Gasteiger partial charge in [-0.05, 0) is 84.6 Å². The summed E-state index contributed by atoms with van der Waals surface area (Å²) in [6.07, 6.45) is 1.89. The summed E-state index contributed by atoms with van der Waals surface area (Å²) in [5.74, 6) is 0. The van der Waals surface area contributed by atoms with E-state index in [0.717, 1.165) is 33.4 Å². The largest absolute Gasteiger partial charge is 0.299 e. The Morgan fingerprint density at radius 2 is 1.25 bits per heavy atom. The zero-order chi connectivity index (χ0) is 21.7. The number of hydrogen-bond acceptors (Lipinski definition) is 3. The molecule has 6 aromatic rings. The van der Waals surface area contributed by atoms with Crippen LogP contribution in [-0.2, 0) is 0 Å². The molecule has 0 spiro atoms. The molecule has 0 saturated heterocycles. The minimum absolute atomic E-state index is 0.896. The number of nitrogens with zero attached hydrogens (tertiary/aromatic N) is 5. The van der Waals surface area contributed by atoms with Gasteiger partial charge in [-0.25, -0.2) is 9.67 Å². The second kappa shape index (κ2) is 7.17. The van der Waals surface area contributed by atoms with Gasteiger partial charge in [0.2, 0.25) is 0 Å². The molecule has 4 aromatic carbocycles. The van der Waals surface area contributed by atoms with Crippen LogP contribution < -0.4 is 0 Å². The van der Waals surface area contributed by atoms with Crippen molar-refractivity contribution in [2.24, 2.45) is 0 Å². The first-order valence-corrected chi connectivity index (χ1v) is 10.6. The van der Waals surface area contributed by atoms with Crippen molar-refractivity contribution in [2.45, 2.75) is 13.8 Å². The number of rotatable bonds is 3. The third-order valence-corrected chi connectivity index (χ3v) is 6.04. The molecule has 2 aromatic heterocycles. The van der Waals surface area contributed by atoms with Crippen LogP contribution in [0.3, 0.4) is 0 Å². The van der Waals surface area contributed by atoms with Gasteiger partial charge in [-0.1, -0.05) is 41.6 Å². The first-order chi connectivity index (χ1) is 15.7. The fourth-order valence-corrected chi connectivity index (χ4v) is 4.41. The van der Waals surface area contributed by atoms with Crippen molar-refractivity contribution in [3.8, 4) is 22.5 Å². The molecular weight excluding hydrogens is 394 g/mol. The molecule has 0 aliphatic rings. The zero-order valence-electron chi connectivity index (χ0n) is 17.9. The van der Waals surface area contributed by atoms with Crippen LogP contribution in [0.15, 0.2) is 91.3 Å². The van der Waals surface area contributed by atoms with Gasteiger partial charge >= 0.3 is 0 Å². The van der Waals surface area contributed by atoms with Gasteiger partial charge in [0.15, 0.2) is 0 Å². The zero-order valence-corrected chi connectivity index (χ0v) is 17.9. The van der Waals surface area contributed by atoms with E-state index in [1.54, 1.807) is 0 Å². The van der Waals surface area contributed by atoms with Crippen molar-refractivity contribution < 1.29 is 0 Å². The number of aryl methyl sites for hydroxylation is 2. The number of hydrogen-bond donors (Lipinski definition) is 0. The summed E-state index contributed by atoms with van der Waals surface area (Å²) in [6, 6.07) is 29.3. The van der Waals surface area contributed by atoms with Crippen molar-refractivity contribution in [2.75, 3.05) is 0 Å². The van der Waals surface area contributed by atoms with E-state index in [4.69, 9.17) is 0 Å². The maximum Gasteiger partial charge on any atom is 0.113 e. The smallest absolute Gasteiger partial charge is 0.113 e. The molecular formula is C27H21N5. The normalized spacial score (nSPS) is 11.4. The van der Waals surface area contributed by atoms with Gasteiger partial charge in [0.1, 0.15) is 11.8 Å². The summed E-state index contributed by atoms with van der Waals surface area (Å²) >= 11 is 0. The minimum atomic E-state index is 0.896. The van der Waals surface area contributed by atoms with Crippen LogP contribution in [0.25, 0.3) is 44.6 Å². The SMILES string of the molecule is Cc1cc(-n2cnc3ccccc32)ccc1-c1ccc(-n2nnc3ccccc32)cc1C. The number of imidazole rings is 1. The Labute approximate surface area is 185 Å². The number of fused-ring (bicyclic) bond motifs is 2. The minimum Gasteiger partial charge on any atom is -0.299 e. The monoisotopic (exact) mass is 415 g/mol. The Morgan fingerprint density at radius 3 is 2.00 bits per heavy atom. The van der Waals surface area contributed by atoms with Crippen molar-refractivity contribution in [3.63, 3.8) is 0 Å². The van der Waals surface area contributed by atoms with Crippen LogP contribution in [0.1, 0.15) is 11.1 Å². The Kier molecular flexibility index (Phi) is 4.15. The van der Waals surface area contributed by atoms with Gasteiger partial charge < -0.3 is 0 Å². The van der Waals surface area contributed by atoms with Crippen molar-refractivity contribution >= 4 is 22.1 Å². The molecule has 0 aliphatic heterocycles. The van der Waals surface area contributed by atoms with Crippen molar-refractivity contribution in [3.05, 3.63) is 102 Å². The van der Waals surface area contributed by atoms with E-state index < -0.39 is 0 Å². The molecule has 0 fully saturated rings. The van der Waals surface area contributed by atoms with E-state index in [-0.39, 0.29) is 0 Å². The molecule has 32 heavy (non-hydrogen) atoms. The van der Waals surface area contributed by atoms with Crippen LogP contribution in [0.4, 0.5) is 0 Å². The van der Waals surface area contributed by atoms with Crippen molar-refractivity contribution in [1.29, 1.82) is 0 Å². The lowest BCUT2D eigenvalue weighted by Crippen LogP contribution is -1.98. The second-order valence-corrected chi connectivity index (χ2v) is 8.09. The maximum atomic E-state index is 4.52. The summed E-state index contributed by atoms with van der Waals surface area (Å²) in [5.41, 5.74) is 11.0. The van der Waals surface area contributed by atoms with E-state index in [0.29, 0.717) is 0 Å². The average Bonchev–Trinajstić information content (AvgIpc) is 3.44. The molecule has 0 amide bonds. The lowest BCUT2D eigenvalue weighted by Gasteiger charge is -2.14. The highest BCUT2D eigenvalue weighted by atomic mass is 15.4. The number of para-hydroxylation sites is 3. The van der Waals surface area contributed by atoms with Gasteiger partial charge in [0.25, 0.3) is 0 Å². The van der Waals surface area contributed by atoms with Crippen LogP contribution in [0.5, 0.6) is 0 Å². The van der Waals surface area contributed by atoms with E-state index in [1.807, 2.05) is 53.5 Å². The molecule has 0 unspecified atom stereocenters. The maximum absolute atomic E-state index is 4.52. The summed E-state index contributed by atoms with van der Waals surface area (Å²) in [4.78, 5) is 4.52. The highest BCUT2D eigenvalue weighted by molar-refractivity contribution is 5.79. The topological polar surface area (TPSA) is 48.5 Å². The summed E-state index contributed by atoms with van der Waals surface area (Å²) in [7, 11) is 0. The van der Waals surface area contributed by atoms with Gasteiger partial charge in [-0.3, -0.25) is 4.57 Å². The molecule has 0 radical (unpaired) electrons. The molecule has 0 aliphatic carbocycles. The first kappa shape index (κ1) is 18.5. The van der Waals surface area contributed by atoms with E-state index in [1.165, 1.54) is 22.3 Å². The lowest BCUT2D eigenvalue weighted by molar-refractivity contribution is 0.823. The third-order valence-electron chi connectivity index (χ3n) is 6.04.